The second-order valence-corrected chi connectivity index (χ2v) is 16.3. The van der Waals surface area contributed by atoms with E-state index in [1.54, 1.807) is 11.3 Å². The minimum Gasteiger partial charge on any atom is -0.391 e. The van der Waals surface area contributed by atoms with Gasteiger partial charge < -0.3 is 40.9 Å². The number of hydrogen-bond donors (Lipinski definition) is 4. The Labute approximate surface area is 322 Å². The number of amides is 4. The number of piperazine rings is 1. The van der Waals surface area contributed by atoms with Crippen LogP contribution in [0.5, 0.6) is 0 Å². The molecule has 5 rings (SSSR count). The highest BCUT2D eigenvalue weighted by atomic mass is 32.1. The molecular formula is C40H55N7O6S. The van der Waals surface area contributed by atoms with Crippen molar-refractivity contribution in [1.82, 2.24) is 25.4 Å². The molecule has 5 atom stereocenters. The van der Waals surface area contributed by atoms with Crippen LogP contribution in [0.3, 0.4) is 0 Å². The van der Waals surface area contributed by atoms with Crippen molar-refractivity contribution in [2.24, 2.45) is 11.1 Å². The number of aromatic nitrogens is 1. The zero-order valence-electron chi connectivity index (χ0n) is 32.2. The molecule has 3 heterocycles. The number of nitrogens with zero attached hydrogens (tertiary/aromatic N) is 4. The van der Waals surface area contributed by atoms with E-state index in [1.807, 2.05) is 88.4 Å². The Bertz CT molecular complexity index is 1750. The SMILES string of the molecule is Cc1ncsc1-c1ccc(C(C)NC(=O)[C@@H]2C[C@@H](O)CN2C(=O)C(NC(=O)COCCC(=O)N2CCN(c3ccc(C(C)N)cc3)CC2)C(C)(C)C)cc1. The number of carbonyl (C=O) groups excluding carboxylic acids is 4. The fourth-order valence-electron chi connectivity index (χ4n) is 6.90. The molecule has 0 bridgehead atoms. The standard InChI is InChI=1S/C40H55N7O6S/c1-25(41)28-11-13-31(14-12-28)45-16-18-46(19-17-45)35(50)15-20-53-23-34(49)44-37(40(4,5)6)39(52)47-22-32(48)21-33(47)38(51)43-26(2)29-7-9-30(10-8-29)36-27(3)42-24-54-36/h7-14,24-26,32-33,37,48H,15-23,41H2,1-6H3,(H,43,51)(H,44,49)/t25?,26?,32-,33+,37?/m1/s1. The van der Waals surface area contributed by atoms with Gasteiger partial charge in [-0.25, -0.2) is 4.98 Å². The van der Waals surface area contributed by atoms with Crippen molar-refractivity contribution in [3.63, 3.8) is 0 Å². The number of hydrogen-bond acceptors (Lipinski definition) is 10. The first-order valence-electron chi connectivity index (χ1n) is 18.7. The van der Waals surface area contributed by atoms with Crippen molar-refractivity contribution >= 4 is 40.7 Å². The quantitative estimate of drug-likeness (QED) is 0.190. The molecule has 2 aliphatic rings. The molecule has 2 fully saturated rings. The minimum atomic E-state index is -0.984. The zero-order valence-corrected chi connectivity index (χ0v) is 33.0. The number of ether oxygens (including phenoxy) is 1. The first-order valence-corrected chi connectivity index (χ1v) is 19.5. The van der Waals surface area contributed by atoms with E-state index in [4.69, 9.17) is 10.5 Å². The van der Waals surface area contributed by atoms with E-state index < -0.39 is 35.4 Å². The van der Waals surface area contributed by atoms with Crippen LogP contribution >= 0.6 is 11.3 Å². The molecule has 292 valence electrons. The number of thiazole rings is 1. The van der Waals surface area contributed by atoms with Gasteiger partial charge in [0.2, 0.25) is 23.6 Å². The number of benzene rings is 2. The predicted molar refractivity (Wildman–Crippen MR) is 210 cm³/mol. The molecule has 2 aromatic carbocycles. The Morgan fingerprint density at radius 1 is 0.981 bits per heavy atom. The largest absolute Gasteiger partial charge is 0.391 e. The summed E-state index contributed by atoms with van der Waals surface area (Å²) < 4.78 is 5.58. The van der Waals surface area contributed by atoms with Crippen LogP contribution in [0, 0.1) is 12.3 Å². The highest BCUT2D eigenvalue weighted by Gasteiger charge is 2.44. The summed E-state index contributed by atoms with van der Waals surface area (Å²) in [4.78, 5) is 64.3. The lowest BCUT2D eigenvalue weighted by Gasteiger charge is -2.36. The van der Waals surface area contributed by atoms with E-state index in [1.165, 1.54) is 4.90 Å². The molecular weight excluding hydrogens is 707 g/mol. The molecule has 3 unspecified atom stereocenters. The van der Waals surface area contributed by atoms with Gasteiger partial charge in [-0.2, -0.15) is 0 Å². The van der Waals surface area contributed by atoms with Crippen molar-refractivity contribution in [1.29, 1.82) is 0 Å². The molecule has 0 saturated carbocycles. The van der Waals surface area contributed by atoms with Gasteiger partial charge in [0.05, 0.1) is 41.3 Å². The lowest BCUT2D eigenvalue weighted by molar-refractivity contribution is -0.144. The molecule has 0 spiro atoms. The van der Waals surface area contributed by atoms with Crippen LogP contribution < -0.4 is 21.3 Å². The van der Waals surface area contributed by atoms with E-state index in [-0.39, 0.29) is 56.5 Å². The Morgan fingerprint density at radius 3 is 2.22 bits per heavy atom. The normalized spacial score (nSPS) is 19.3. The van der Waals surface area contributed by atoms with E-state index in [9.17, 15) is 24.3 Å². The summed E-state index contributed by atoms with van der Waals surface area (Å²) in [6.45, 7) is 13.6. The number of β-amino-alcohol motifs (C(OH)–C–C–N with tert-alkyl or cyclic N) is 1. The Balaban J connectivity index is 1.08. The van der Waals surface area contributed by atoms with Crippen molar-refractivity contribution in [2.75, 3.05) is 50.8 Å². The molecule has 2 aliphatic heterocycles. The Kier molecular flexibility index (Phi) is 13.5. The van der Waals surface area contributed by atoms with Crippen LogP contribution in [-0.4, -0.2) is 108 Å². The molecule has 13 nitrogen and oxygen atoms in total. The number of carbonyl (C=O) groups is 4. The number of aliphatic hydroxyl groups is 1. The minimum absolute atomic E-state index is 0.0217. The van der Waals surface area contributed by atoms with Gasteiger partial charge in [0, 0.05) is 50.9 Å². The number of aryl methyl sites for hydroxylation is 1. The molecule has 54 heavy (non-hydrogen) atoms. The van der Waals surface area contributed by atoms with Crippen molar-refractivity contribution in [3.05, 3.63) is 70.9 Å². The van der Waals surface area contributed by atoms with E-state index in [2.05, 4.69) is 32.7 Å². The third-order valence-corrected chi connectivity index (χ3v) is 11.1. The van der Waals surface area contributed by atoms with E-state index in [0.29, 0.717) is 26.2 Å². The molecule has 5 N–H and O–H groups in total. The molecule has 0 radical (unpaired) electrons. The summed E-state index contributed by atoms with van der Waals surface area (Å²) in [5, 5.41) is 16.4. The number of nitrogens with two attached hydrogens (primary N) is 1. The smallest absolute Gasteiger partial charge is 0.246 e. The Morgan fingerprint density at radius 2 is 1.63 bits per heavy atom. The summed E-state index contributed by atoms with van der Waals surface area (Å²) >= 11 is 1.57. The summed E-state index contributed by atoms with van der Waals surface area (Å²) in [7, 11) is 0. The van der Waals surface area contributed by atoms with Gasteiger partial charge in [0.25, 0.3) is 0 Å². The molecule has 4 amide bonds. The summed E-state index contributed by atoms with van der Waals surface area (Å²) in [5.74, 6) is -1.38. The zero-order chi connectivity index (χ0) is 39.2. The van der Waals surface area contributed by atoms with Gasteiger partial charge in [-0.15, -0.1) is 11.3 Å². The third kappa shape index (κ3) is 10.2. The molecule has 1 aromatic heterocycles. The monoisotopic (exact) mass is 761 g/mol. The highest BCUT2D eigenvalue weighted by molar-refractivity contribution is 7.13. The summed E-state index contributed by atoms with van der Waals surface area (Å²) in [6, 6.07) is 13.8. The van der Waals surface area contributed by atoms with Crippen LogP contribution in [-0.2, 0) is 23.9 Å². The first-order chi connectivity index (χ1) is 25.6. The van der Waals surface area contributed by atoms with Crippen LogP contribution in [0.1, 0.15) is 76.4 Å². The van der Waals surface area contributed by atoms with Crippen LogP contribution in [0.25, 0.3) is 10.4 Å². The number of aliphatic hydroxyl groups excluding tert-OH is 1. The molecule has 14 heteroatoms. The molecule has 2 saturated heterocycles. The van der Waals surface area contributed by atoms with Gasteiger partial charge in [-0.1, -0.05) is 57.2 Å². The van der Waals surface area contributed by atoms with Gasteiger partial charge in [-0.3, -0.25) is 19.2 Å². The van der Waals surface area contributed by atoms with Crippen molar-refractivity contribution in [3.8, 4) is 10.4 Å². The summed E-state index contributed by atoms with van der Waals surface area (Å²) in [5.41, 5.74) is 12.2. The highest BCUT2D eigenvalue weighted by Crippen LogP contribution is 2.30. The van der Waals surface area contributed by atoms with Crippen LogP contribution in [0.2, 0.25) is 0 Å². The Hall–Kier alpha value is -4.37. The average Bonchev–Trinajstić information content (AvgIpc) is 3.76. The van der Waals surface area contributed by atoms with Crippen molar-refractivity contribution < 1.29 is 29.0 Å². The maximum absolute atomic E-state index is 14.0. The predicted octanol–water partition coefficient (Wildman–Crippen LogP) is 3.56. The summed E-state index contributed by atoms with van der Waals surface area (Å²) in [6.07, 6.45) is -0.658. The average molecular weight is 762 g/mol. The maximum Gasteiger partial charge on any atom is 0.246 e. The number of anilines is 1. The fraction of sp³-hybridized carbons (Fsp3) is 0.525. The van der Waals surface area contributed by atoms with Crippen LogP contribution in [0.4, 0.5) is 5.69 Å². The molecule has 3 aromatic rings. The lowest BCUT2D eigenvalue weighted by Crippen LogP contribution is -2.58. The number of likely N-dealkylation sites (tertiary alicyclic amines) is 1. The first kappa shape index (κ1) is 40.8. The second-order valence-electron chi connectivity index (χ2n) is 15.4. The lowest BCUT2D eigenvalue weighted by atomic mass is 9.85. The number of rotatable bonds is 13. The van der Waals surface area contributed by atoms with Crippen molar-refractivity contribution in [2.45, 2.75) is 84.7 Å². The second kappa shape index (κ2) is 17.8. The van der Waals surface area contributed by atoms with Crippen LogP contribution in [0.15, 0.2) is 54.0 Å². The topological polar surface area (TPSA) is 170 Å². The van der Waals surface area contributed by atoms with Gasteiger partial charge in [0.15, 0.2) is 0 Å². The van der Waals surface area contributed by atoms with E-state index >= 15 is 0 Å². The van der Waals surface area contributed by atoms with Gasteiger partial charge in [-0.05, 0) is 55.0 Å². The maximum atomic E-state index is 14.0. The van der Waals surface area contributed by atoms with E-state index in [0.717, 1.165) is 32.9 Å². The third-order valence-electron chi connectivity index (χ3n) is 10.2. The van der Waals surface area contributed by atoms with Gasteiger partial charge in [0.1, 0.15) is 18.7 Å². The fourth-order valence-corrected chi connectivity index (χ4v) is 7.71. The van der Waals surface area contributed by atoms with Gasteiger partial charge >= 0.3 is 0 Å². The number of nitrogens with one attached hydrogen (secondary N) is 2. The molecule has 0 aliphatic carbocycles.